The van der Waals surface area contributed by atoms with Gasteiger partial charge in [-0.3, -0.25) is 0 Å². The number of ether oxygens (including phenoxy) is 2. The van der Waals surface area contributed by atoms with Crippen LogP contribution < -0.4 is 14.8 Å². The second-order valence-corrected chi connectivity index (χ2v) is 5.11. The van der Waals surface area contributed by atoms with Crippen molar-refractivity contribution in [3.63, 3.8) is 0 Å². The van der Waals surface area contributed by atoms with E-state index in [0.29, 0.717) is 5.92 Å². The van der Waals surface area contributed by atoms with Crippen LogP contribution in [0.4, 0.5) is 0 Å². The van der Waals surface area contributed by atoms with Gasteiger partial charge in [0.05, 0.1) is 13.2 Å². The molecule has 0 bridgehead atoms. The zero-order chi connectivity index (χ0) is 14.8. The first-order chi connectivity index (χ1) is 9.72. The minimum Gasteiger partial charge on any atom is -0.490 e. The van der Waals surface area contributed by atoms with Crippen molar-refractivity contribution in [1.29, 1.82) is 0 Å². The summed E-state index contributed by atoms with van der Waals surface area (Å²) >= 11 is 0. The summed E-state index contributed by atoms with van der Waals surface area (Å²) in [5, 5.41) is 3.39. The quantitative estimate of drug-likeness (QED) is 0.703. The number of rotatable bonds is 10. The van der Waals surface area contributed by atoms with E-state index >= 15 is 0 Å². The molecular weight excluding hydrogens is 250 g/mol. The highest BCUT2D eigenvalue weighted by molar-refractivity contribution is 5.44. The van der Waals surface area contributed by atoms with Crippen LogP contribution in [0.15, 0.2) is 18.2 Å². The Kier molecular flexibility index (Phi) is 8.12. The van der Waals surface area contributed by atoms with Gasteiger partial charge in [0, 0.05) is 6.54 Å². The summed E-state index contributed by atoms with van der Waals surface area (Å²) in [6, 6.07) is 6.31. The molecular formula is C17H29NO2. The Hall–Kier alpha value is -1.22. The van der Waals surface area contributed by atoms with Gasteiger partial charge >= 0.3 is 0 Å². The normalized spacial score (nSPS) is 12.2. The summed E-state index contributed by atoms with van der Waals surface area (Å²) in [7, 11) is 0. The van der Waals surface area contributed by atoms with E-state index in [0.717, 1.165) is 50.6 Å². The lowest BCUT2D eigenvalue weighted by molar-refractivity contribution is 0.268. The van der Waals surface area contributed by atoms with E-state index in [1.54, 1.807) is 0 Å². The number of nitrogens with one attached hydrogen (secondary N) is 1. The third-order valence-corrected chi connectivity index (χ3v) is 3.16. The molecule has 1 atom stereocenters. The molecule has 1 aromatic rings. The van der Waals surface area contributed by atoms with Crippen LogP contribution in [-0.2, 0) is 0 Å². The summed E-state index contributed by atoms with van der Waals surface area (Å²) in [5.41, 5.74) is 1.29. The van der Waals surface area contributed by atoms with E-state index < -0.39 is 0 Å². The smallest absolute Gasteiger partial charge is 0.161 e. The lowest BCUT2D eigenvalue weighted by Gasteiger charge is -2.17. The first kappa shape index (κ1) is 16.8. The third kappa shape index (κ3) is 5.41. The van der Waals surface area contributed by atoms with Crippen molar-refractivity contribution in [3.05, 3.63) is 23.8 Å². The van der Waals surface area contributed by atoms with Crippen molar-refractivity contribution in [2.75, 3.05) is 26.3 Å². The summed E-state index contributed by atoms with van der Waals surface area (Å²) in [6.07, 6.45) is 2.01. The number of benzene rings is 1. The Morgan fingerprint density at radius 1 is 1.00 bits per heavy atom. The number of hydrogen-bond donors (Lipinski definition) is 1. The molecule has 3 heteroatoms. The Bertz CT molecular complexity index is 379. The zero-order valence-electron chi connectivity index (χ0n) is 13.4. The van der Waals surface area contributed by atoms with Gasteiger partial charge in [0.15, 0.2) is 11.5 Å². The minimum absolute atomic E-state index is 0.471. The van der Waals surface area contributed by atoms with E-state index in [4.69, 9.17) is 9.47 Å². The molecule has 0 saturated heterocycles. The highest BCUT2D eigenvalue weighted by Gasteiger charge is 2.11. The van der Waals surface area contributed by atoms with Gasteiger partial charge < -0.3 is 14.8 Å². The van der Waals surface area contributed by atoms with Gasteiger partial charge in [-0.1, -0.05) is 33.8 Å². The Morgan fingerprint density at radius 3 is 2.25 bits per heavy atom. The van der Waals surface area contributed by atoms with Crippen molar-refractivity contribution in [2.24, 2.45) is 0 Å². The van der Waals surface area contributed by atoms with E-state index in [2.05, 4.69) is 45.1 Å². The molecule has 1 N–H and O–H groups in total. The zero-order valence-corrected chi connectivity index (χ0v) is 13.4. The van der Waals surface area contributed by atoms with Crippen molar-refractivity contribution >= 4 is 0 Å². The second-order valence-electron chi connectivity index (χ2n) is 5.11. The van der Waals surface area contributed by atoms with Crippen LogP contribution in [-0.4, -0.2) is 26.3 Å². The van der Waals surface area contributed by atoms with Gasteiger partial charge in [0.2, 0.25) is 0 Å². The Balaban J connectivity index is 2.82. The van der Waals surface area contributed by atoms with Crippen molar-refractivity contribution in [1.82, 2.24) is 5.32 Å². The lowest BCUT2D eigenvalue weighted by Crippen LogP contribution is -2.19. The summed E-state index contributed by atoms with van der Waals surface area (Å²) < 4.78 is 11.6. The predicted molar refractivity (Wildman–Crippen MR) is 85.0 cm³/mol. The molecule has 3 nitrogen and oxygen atoms in total. The van der Waals surface area contributed by atoms with Gasteiger partial charge in [0.25, 0.3) is 0 Å². The number of hydrogen-bond acceptors (Lipinski definition) is 3. The van der Waals surface area contributed by atoms with Crippen LogP contribution in [0, 0.1) is 0 Å². The molecule has 0 aliphatic heterocycles. The molecule has 20 heavy (non-hydrogen) atoms. The van der Waals surface area contributed by atoms with Crippen molar-refractivity contribution in [2.45, 2.75) is 46.5 Å². The average molecular weight is 279 g/mol. The molecule has 0 aliphatic rings. The lowest BCUT2D eigenvalue weighted by atomic mass is 10.0. The van der Waals surface area contributed by atoms with Crippen LogP contribution in [0.25, 0.3) is 0 Å². The molecule has 0 aromatic heterocycles. The average Bonchev–Trinajstić information content (AvgIpc) is 2.48. The summed E-state index contributed by atoms with van der Waals surface area (Å²) in [4.78, 5) is 0. The summed E-state index contributed by atoms with van der Waals surface area (Å²) in [5.74, 6) is 2.21. The van der Waals surface area contributed by atoms with E-state index in [-0.39, 0.29) is 0 Å². The third-order valence-electron chi connectivity index (χ3n) is 3.16. The maximum Gasteiger partial charge on any atom is 0.161 e. The molecule has 0 fully saturated rings. The van der Waals surface area contributed by atoms with Gasteiger partial charge in [0.1, 0.15) is 0 Å². The molecule has 1 rings (SSSR count). The van der Waals surface area contributed by atoms with Gasteiger partial charge in [-0.2, -0.15) is 0 Å². The van der Waals surface area contributed by atoms with Gasteiger partial charge in [-0.05, 0) is 43.0 Å². The molecule has 0 saturated carbocycles. The molecule has 0 heterocycles. The van der Waals surface area contributed by atoms with Crippen LogP contribution in [0.5, 0.6) is 11.5 Å². The van der Waals surface area contributed by atoms with Crippen LogP contribution in [0.1, 0.15) is 52.0 Å². The monoisotopic (exact) mass is 279 g/mol. The Morgan fingerprint density at radius 2 is 1.65 bits per heavy atom. The molecule has 0 spiro atoms. The van der Waals surface area contributed by atoms with Crippen LogP contribution in [0.2, 0.25) is 0 Å². The Labute approximate surface area is 123 Å². The fourth-order valence-corrected chi connectivity index (χ4v) is 1.97. The molecule has 0 aliphatic carbocycles. The first-order valence-corrected chi connectivity index (χ1v) is 7.83. The molecule has 1 unspecified atom stereocenters. The topological polar surface area (TPSA) is 30.5 Å². The first-order valence-electron chi connectivity index (χ1n) is 7.83. The van der Waals surface area contributed by atoms with Crippen molar-refractivity contribution in [3.8, 4) is 11.5 Å². The molecule has 1 aromatic carbocycles. The maximum atomic E-state index is 5.83. The SMILES string of the molecule is CCCOc1ccc(C(C)CNCC)cc1OCCC. The van der Waals surface area contributed by atoms with Gasteiger partial charge in [-0.15, -0.1) is 0 Å². The second kappa shape index (κ2) is 9.65. The van der Waals surface area contributed by atoms with Crippen LogP contribution >= 0.6 is 0 Å². The van der Waals surface area contributed by atoms with Crippen molar-refractivity contribution < 1.29 is 9.47 Å². The maximum absolute atomic E-state index is 5.83. The fourth-order valence-electron chi connectivity index (χ4n) is 1.97. The van der Waals surface area contributed by atoms with E-state index in [9.17, 15) is 0 Å². The molecule has 114 valence electrons. The minimum atomic E-state index is 0.471. The standard InChI is InChI=1S/C17H29NO2/c1-5-10-19-16-9-8-15(14(4)13-18-7-3)12-17(16)20-11-6-2/h8-9,12,14,18H,5-7,10-11,13H2,1-4H3. The number of likely N-dealkylation sites (N-methyl/N-ethyl adjacent to an activating group) is 1. The van der Waals surface area contributed by atoms with E-state index in [1.807, 2.05) is 6.07 Å². The molecule has 0 amide bonds. The van der Waals surface area contributed by atoms with E-state index in [1.165, 1.54) is 5.56 Å². The predicted octanol–water partition coefficient (Wildman–Crippen LogP) is 3.98. The summed E-state index contributed by atoms with van der Waals surface area (Å²) in [6.45, 7) is 12.0. The fraction of sp³-hybridized carbons (Fsp3) is 0.647. The highest BCUT2D eigenvalue weighted by atomic mass is 16.5. The highest BCUT2D eigenvalue weighted by Crippen LogP contribution is 2.31. The van der Waals surface area contributed by atoms with Gasteiger partial charge in [-0.25, -0.2) is 0 Å². The van der Waals surface area contributed by atoms with Crippen LogP contribution in [0.3, 0.4) is 0 Å². The molecule has 0 radical (unpaired) electrons. The largest absolute Gasteiger partial charge is 0.490 e.